The summed E-state index contributed by atoms with van der Waals surface area (Å²) in [7, 11) is -0.800. The summed E-state index contributed by atoms with van der Waals surface area (Å²) in [5, 5.41) is 2.50. The Bertz CT molecular complexity index is 925. The van der Waals surface area contributed by atoms with Crippen LogP contribution in [0.2, 0.25) is 0 Å². The van der Waals surface area contributed by atoms with Gasteiger partial charge in [-0.25, -0.2) is 21.9 Å². The molecule has 2 rings (SSSR count). The van der Waals surface area contributed by atoms with Crippen LogP contribution in [0, 0.1) is 5.82 Å². The standard InChI is InChI=1S/C18H19FN2O5S/c1-12(17(22)20-15-8-6-14(19)7-9-15)26-18(23)13-4-10-16(11-5-13)27(24,25)21(2)3/h4-12H,1-3H3,(H,20,22)/t12-/m0/s1. The van der Waals surface area contributed by atoms with E-state index >= 15 is 0 Å². The number of anilines is 1. The predicted molar refractivity (Wildman–Crippen MR) is 97.2 cm³/mol. The zero-order valence-electron chi connectivity index (χ0n) is 15.0. The highest BCUT2D eigenvalue weighted by atomic mass is 32.2. The molecule has 0 aromatic heterocycles. The monoisotopic (exact) mass is 394 g/mol. The van der Waals surface area contributed by atoms with Crippen LogP contribution in [-0.2, 0) is 19.6 Å². The number of carbonyl (C=O) groups excluding carboxylic acids is 2. The van der Waals surface area contributed by atoms with Gasteiger partial charge in [0, 0.05) is 19.8 Å². The third-order valence-corrected chi connectivity index (χ3v) is 5.46. The Kier molecular flexibility index (Phi) is 6.29. The molecule has 0 saturated heterocycles. The number of carbonyl (C=O) groups is 2. The highest BCUT2D eigenvalue weighted by Gasteiger charge is 2.21. The van der Waals surface area contributed by atoms with Crippen LogP contribution in [0.25, 0.3) is 0 Å². The molecule has 1 atom stereocenters. The number of sulfonamides is 1. The zero-order chi connectivity index (χ0) is 20.2. The van der Waals surface area contributed by atoms with Crippen molar-refractivity contribution < 1.29 is 27.1 Å². The highest BCUT2D eigenvalue weighted by molar-refractivity contribution is 7.89. The zero-order valence-corrected chi connectivity index (χ0v) is 15.8. The molecule has 7 nitrogen and oxygen atoms in total. The van der Waals surface area contributed by atoms with Gasteiger partial charge in [0.05, 0.1) is 10.5 Å². The van der Waals surface area contributed by atoms with Gasteiger partial charge in [-0.2, -0.15) is 0 Å². The maximum atomic E-state index is 12.9. The van der Waals surface area contributed by atoms with Crippen molar-refractivity contribution in [3.8, 4) is 0 Å². The number of ether oxygens (including phenoxy) is 1. The Hall–Kier alpha value is -2.78. The van der Waals surface area contributed by atoms with Crippen LogP contribution in [0.3, 0.4) is 0 Å². The molecule has 27 heavy (non-hydrogen) atoms. The first kappa shape index (κ1) is 20.5. The Morgan fingerprint density at radius 1 is 1.04 bits per heavy atom. The van der Waals surface area contributed by atoms with Gasteiger partial charge >= 0.3 is 5.97 Å². The summed E-state index contributed by atoms with van der Waals surface area (Å²) in [5.41, 5.74) is 0.469. The molecular weight excluding hydrogens is 375 g/mol. The van der Waals surface area contributed by atoms with Gasteiger partial charge in [0.25, 0.3) is 5.91 Å². The lowest BCUT2D eigenvalue weighted by atomic mass is 10.2. The van der Waals surface area contributed by atoms with E-state index in [-0.39, 0.29) is 10.5 Å². The first-order valence-electron chi connectivity index (χ1n) is 7.91. The number of hydrogen-bond acceptors (Lipinski definition) is 5. The van der Waals surface area contributed by atoms with E-state index in [0.717, 1.165) is 4.31 Å². The average Bonchev–Trinajstić information content (AvgIpc) is 2.63. The number of amides is 1. The van der Waals surface area contributed by atoms with Gasteiger partial charge in [0.2, 0.25) is 10.0 Å². The van der Waals surface area contributed by atoms with Crippen molar-refractivity contribution >= 4 is 27.6 Å². The van der Waals surface area contributed by atoms with Gasteiger partial charge in [0.15, 0.2) is 6.10 Å². The third kappa shape index (κ3) is 5.11. The number of rotatable bonds is 6. The molecule has 9 heteroatoms. The molecule has 144 valence electrons. The van der Waals surface area contributed by atoms with E-state index in [1.54, 1.807) is 0 Å². The van der Waals surface area contributed by atoms with Crippen molar-refractivity contribution in [2.45, 2.75) is 17.9 Å². The van der Waals surface area contributed by atoms with E-state index in [0.29, 0.717) is 5.69 Å². The third-order valence-electron chi connectivity index (χ3n) is 3.63. The van der Waals surface area contributed by atoms with Crippen LogP contribution in [0.1, 0.15) is 17.3 Å². The minimum absolute atomic E-state index is 0.0335. The van der Waals surface area contributed by atoms with Gasteiger partial charge in [0.1, 0.15) is 5.82 Å². The normalized spacial score (nSPS) is 12.5. The quantitative estimate of drug-likeness (QED) is 0.759. The number of nitrogens with zero attached hydrogens (tertiary/aromatic N) is 1. The first-order chi connectivity index (χ1) is 12.6. The lowest BCUT2D eigenvalue weighted by Gasteiger charge is -2.14. The topological polar surface area (TPSA) is 92.8 Å². The smallest absolute Gasteiger partial charge is 0.338 e. The Balaban J connectivity index is 2.01. The molecule has 0 radical (unpaired) electrons. The van der Waals surface area contributed by atoms with Crippen molar-refractivity contribution in [3.05, 3.63) is 59.9 Å². The molecule has 0 bridgehead atoms. The number of hydrogen-bond donors (Lipinski definition) is 1. The number of halogens is 1. The molecule has 0 aliphatic carbocycles. The summed E-state index contributed by atoms with van der Waals surface area (Å²) in [4.78, 5) is 24.2. The van der Waals surface area contributed by atoms with Crippen LogP contribution < -0.4 is 5.32 Å². The van der Waals surface area contributed by atoms with Gasteiger partial charge in [-0.05, 0) is 55.5 Å². The number of nitrogens with one attached hydrogen (secondary N) is 1. The molecule has 0 saturated carbocycles. The minimum atomic E-state index is -3.60. The van der Waals surface area contributed by atoms with Crippen molar-refractivity contribution in [1.82, 2.24) is 4.31 Å². The Morgan fingerprint density at radius 2 is 1.59 bits per heavy atom. The fourth-order valence-electron chi connectivity index (χ4n) is 2.03. The van der Waals surface area contributed by atoms with Crippen LogP contribution in [0.15, 0.2) is 53.4 Å². The molecule has 2 aromatic carbocycles. The molecule has 0 fully saturated rings. The van der Waals surface area contributed by atoms with E-state index in [1.807, 2.05) is 0 Å². The fraction of sp³-hybridized carbons (Fsp3) is 0.222. The predicted octanol–water partition coefficient (Wildman–Crippen LogP) is 2.26. The number of esters is 1. The molecule has 0 heterocycles. The lowest BCUT2D eigenvalue weighted by Crippen LogP contribution is -2.30. The molecule has 0 unspecified atom stereocenters. The summed E-state index contributed by atoms with van der Waals surface area (Å²) >= 11 is 0. The maximum Gasteiger partial charge on any atom is 0.338 e. The van der Waals surface area contributed by atoms with Gasteiger partial charge in [-0.15, -0.1) is 0 Å². The number of benzene rings is 2. The van der Waals surface area contributed by atoms with Gasteiger partial charge in [-0.1, -0.05) is 0 Å². The molecule has 0 spiro atoms. The van der Waals surface area contributed by atoms with Crippen molar-refractivity contribution in [3.63, 3.8) is 0 Å². The van der Waals surface area contributed by atoms with E-state index in [1.165, 1.54) is 69.6 Å². The van der Waals surface area contributed by atoms with Crippen LogP contribution >= 0.6 is 0 Å². The van der Waals surface area contributed by atoms with Crippen LogP contribution in [0.5, 0.6) is 0 Å². The molecule has 0 aliphatic rings. The van der Waals surface area contributed by atoms with E-state index in [2.05, 4.69) is 5.32 Å². The second kappa shape index (κ2) is 8.28. The first-order valence-corrected chi connectivity index (χ1v) is 9.35. The average molecular weight is 394 g/mol. The van der Waals surface area contributed by atoms with Crippen molar-refractivity contribution in [1.29, 1.82) is 0 Å². The largest absolute Gasteiger partial charge is 0.449 e. The maximum absolute atomic E-state index is 12.9. The van der Waals surface area contributed by atoms with Crippen molar-refractivity contribution in [2.24, 2.45) is 0 Å². The summed E-state index contributed by atoms with van der Waals surface area (Å²) in [6, 6.07) is 10.3. The summed E-state index contributed by atoms with van der Waals surface area (Å²) < 4.78 is 43.0. The minimum Gasteiger partial charge on any atom is -0.449 e. The SMILES string of the molecule is C[C@H](OC(=O)c1ccc(S(=O)(=O)N(C)C)cc1)C(=O)Nc1ccc(F)cc1. The van der Waals surface area contributed by atoms with E-state index in [9.17, 15) is 22.4 Å². The fourth-order valence-corrected chi connectivity index (χ4v) is 2.93. The molecule has 0 aliphatic heterocycles. The van der Waals surface area contributed by atoms with Gasteiger partial charge in [-0.3, -0.25) is 4.79 Å². The highest BCUT2D eigenvalue weighted by Crippen LogP contribution is 2.15. The Morgan fingerprint density at radius 3 is 2.11 bits per heavy atom. The van der Waals surface area contributed by atoms with Gasteiger partial charge < -0.3 is 10.1 Å². The summed E-state index contributed by atoms with van der Waals surface area (Å²) in [6.07, 6.45) is -1.10. The molecular formula is C18H19FN2O5S. The second-order valence-corrected chi connectivity index (χ2v) is 8.01. The lowest BCUT2D eigenvalue weighted by molar-refractivity contribution is -0.123. The van der Waals surface area contributed by atoms with E-state index < -0.39 is 33.8 Å². The van der Waals surface area contributed by atoms with Crippen LogP contribution in [-0.4, -0.2) is 44.8 Å². The van der Waals surface area contributed by atoms with Crippen molar-refractivity contribution in [2.75, 3.05) is 19.4 Å². The summed E-state index contributed by atoms with van der Waals surface area (Å²) in [5.74, 6) is -1.79. The molecule has 1 N–H and O–H groups in total. The van der Waals surface area contributed by atoms with Crippen LogP contribution in [0.4, 0.5) is 10.1 Å². The molecule has 1 amide bonds. The summed E-state index contributed by atoms with van der Waals surface area (Å²) in [6.45, 7) is 1.39. The second-order valence-electron chi connectivity index (χ2n) is 5.86. The van der Waals surface area contributed by atoms with E-state index in [4.69, 9.17) is 4.74 Å². The molecule has 2 aromatic rings. The Labute approximate surface area is 156 Å².